The molecule has 1 aromatic carbocycles. The van der Waals surface area contributed by atoms with Crippen LogP contribution >= 0.6 is 0 Å². The maximum Gasteiger partial charge on any atom is 0.156 e. The molecular formula is C15H13FN4. The fraction of sp³-hybridized carbons (Fsp3) is 0.133. The molecular weight excluding hydrogens is 255 g/mol. The van der Waals surface area contributed by atoms with Crippen LogP contribution in [0, 0.1) is 5.82 Å². The van der Waals surface area contributed by atoms with Gasteiger partial charge in [-0.1, -0.05) is 24.3 Å². The first-order valence-electron chi connectivity index (χ1n) is 6.40. The number of anilines is 1. The van der Waals surface area contributed by atoms with Gasteiger partial charge in [-0.25, -0.2) is 4.39 Å². The van der Waals surface area contributed by atoms with Gasteiger partial charge in [-0.3, -0.25) is 4.98 Å². The van der Waals surface area contributed by atoms with Crippen molar-refractivity contribution in [2.75, 3.05) is 11.9 Å². The highest BCUT2D eigenvalue weighted by Crippen LogP contribution is 2.30. The van der Waals surface area contributed by atoms with E-state index in [2.05, 4.69) is 20.5 Å². The van der Waals surface area contributed by atoms with Crippen LogP contribution in [0.2, 0.25) is 0 Å². The molecule has 0 atom stereocenters. The van der Waals surface area contributed by atoms with Gasteiger partial charge in [0, 0.05) is 29.1 Å². The minimum absolute atomic E-state index is 0.400. The Kier molecular flexibility index (Phi) is 3.25. The summed E-state index contributed by atoms with van der Waals surface area (Å²) < 4.78 is 13.9. The largest absolute Gasteiger partial charge is 0.368 e. The fourth-order valence-electron chi connectivity index (χ4n) is 2.17. The molecule has 0 radical (unpaired) electrons. The molecule has 0 unspecified atom stereocenters. The first kappa shape index (κ1) is 12.5. The number of pyridine rings is 1. The number of fused-ring (bicyclic) bond motifs is 1. The summed E-state index contributed by atoms with van der Waals surface area (Å²) in [5.74, 6) is 0.310. The predicted octanol–water partition coefficient (Wildman–Crippen LogP) is 3.26. The molecule has 1 N–H and O–H groups in total. The monoisotopic (exact) mass is 268 g/mol. The summed E-state index contributed by atoms with van der Waals surface area (Å²) in [4.78, 5) is 3.76. The summed E-state index contributed by atoms with van der Waals surface area (Å²) in [7, 11) is 0. The molecule has 3 rings (SSSR count). The Labute approximate surface area is 115 Å². The number of hydrogen-bond acceptors (Lipinski definition) is 4. The summed E-state index contributed by atoms with van der Waals surface area (Å²) in [6.07, 6.45) is 2.73. The zero-order valence-electron chi connectivity index (χ0n) is 11.0. The van der Waals surface area contributed by atoms with E-state index >= 15 is 0 Å². The number of rotatable bonds is 3. The highest BCUT2D eigenvalue weighted by Gasteiger charge is 2.13. The van der Waals surface area contributed by atoms with Gasteiger partial charge in [0.15, 0.2) is 11.6 Å². The topological polar surface area (TPSA) is 50.7 Å². The van der Waals surface area contributed by atoms with Crippen LogP contribution in [0.3, 0.4) is 0 Å². The van der Waals surface area contributed by atoms with Crippen molar-refractivity contribution in [3.63, 3.8) is 0 Å². The lowest BCUT2D eigenvalue weighted by Crippen LogP contribution is -2.03. The number of halogens is 1. The third kappa shape index (κ3) is 2.07. The average Bonchev–Trinajstić information content (AvgIpc) is 2.49. The van der Waals surface area contributed by atoms with Crippen molar-refractivity contribution < 1.29 is 4.39 Å². The molecule has 5 heteroatoms. The molecule has 2 heterocycles. The van der Waals surface area contributed by atoms with Crippen molar-refractivity contribution in [2.24, 2.45) is 0 Å². The Morgan fingerprint density at radius 2 is 1.90 bits per heavy atom. The third-order valence-electron chi connectivity index (χ3n) is 3.06. The first-order chi connectivity index (χ1) is 9.81. The van der Waals surface area contributed by atoms with Gasteiger partial charge in [-0.2, -0.15) is 0 Å². The maximum absolute atomic E-state index is 13.9. The van der Waals surface area contributed by atoms with E-state index in [-0.39, 0.29) is 0 Å². The molecule has 3 aromatic rings. The zero-order valence-corrected chi connectivity index (χ0v) is 11.0. The van der Waals surface area contributed by atoms with E-state index in [0.717, 1.165) is 17.3 Å². The van der Waals surface area contributed by atoms with Crippen LogP contribution in [0.25, 0.3) is 22.0 Å². The van der Waals surface area contributed by atoms with Crippen LogP contribution in [0.15, 0.2) is 42.7 Å². The molecule has 0 amide bonds. The van der Waals surface area contributed by atoms with E-state index in [1.807, 2.05) is 31.2 Å². The molecule has 0 aliphatic rings. The second kappa shape index (κ2) is 5.21. The van der Waals surface area contributed by atoms with Crippen molar-refractivity contribution in [3.05, 3.63) is 48.5 Å². The lowest BCUT2D eigenvalue weighted by Gasteiger charge is -2.10. The lowest BCUT2D eigenvalue weighted by atomic mass is 10.1. The van der Waals surface area contributed by atoms with Gasteiger partial charge >= 0.3 is 0 Å². The van der Waals surface area contributed by atoms with Crippen LogP contribution in [0.5, 0.6) is 0 Å². The zero-order chi connectivity index (χ0) is 13.9. The molecule has 0 spiro atoms. The Morgan fingerprint density at radius 3 is 2.65 bits per heavy atom. The van der Waals surface area contributed by atoms with E-state index in [1.165, 1.54) is 6.20 Å². The SMILES string of the molecule is CCNc1nnc(-c2ccncc2F)c2ccccc12. The number of aromatic nitrogens is 3. The number of nitrogens with one attached hydrogen (secondary N) is 1. The second-order valence-electron chi connectivity index (χ2n) is 4.33. The smallest absolute Gasteiger partial charge is 0.156 e. The van der Waals surface area contributed by atoms with E-state index in [9.17, 15) is 4.39 Å². The van der Waals surface area contributed by atoms with Crippen molar-refractivity contribution in [1.29, 1.82) is 0 Å². The maximum atomic E-state index is 13.9. The highest BCUT2D eigenvalue weighted by atomic mass is 19.1. The molecule has 0 aliphatic heterocycles. The third-order valence-corrected chi connectivity index (χ3v) is 3.06. The van der Waals surface area contributed by atoms with Crippen molar-refractivity contribution in [2.45, 2.75) is 6.92 Å². The summed E-state index contributed by atoms with van der Waals surface area (Å²) in [6, 6.07) is 9.31. The number of nitrogens with zero attached hydrogens (tertiary/aromatic N) is 3. The molecule has 0 saturated heterocycles. The Bertz CT molecular complexity index is 758. The van der Waals surface area contributed by atoms with Crippen molar-refractivity contribution in [3.8, 4) is 11.3 Å². The van der Waals surface area contributed by atoms with Gasteiger partial charge in [-0.05, 0) is 13.0 Å². The first-order valence-corrected chi connectivity index (χ1v) is 6.40. The molecule has 2 aromatic heterocycles. The van der Waals surface area contributed by atoms with Gasteiger partial charge in [0.25, 0.3) is 0 Å². The summed E-state index contributed by atoms with van der Waals surface area (Å²) in [5.41, 5.74) is 0.939. The molecule has 4 nitrogen and oxygen atoms in total. The number of hydrogen-bond donors (Lipinski definition) is 1. The Hall–Kier alpha value is -2.56. The normalized spacial score (nSPS) is 10.7. The molecule has 20 heavy (non-hydrogen) atoms. The van der Waals surface area contributed by atoms with E-state index in [4.69, 9.17) is 0 Å². The minimum atomic E-state index is -0.400. The van der Waals surface area contributed by atoms with Gasteiger partial charge in [0.05, 0.1) is 6.20 Å². The van der Waals surface area contributed by atoms with Gasteiger partial charge < -0.3 is 5.32 Å². The van der Waals surface area contributed by atoms with Crippen LogP contribution in [0.4, 0.5) is 10.2 Å². The average molecular weight is 268 g/mol. The van der Waals surface area contributed by atoms with Crippen molar-refractivity contribution in [1.82, 2.24) is 15.2 Å². The number of benzene rings is 1. The van der Waals surface area contributed by atoms with E-state index < -0.39 is 5.82 Å². The molecule has 0 fully saturated rings. The molecule has 0 aliphatic carbocycles. The Morgan fingerprint density at radius 1 is 1.10 bits per heavy atom. The highest BCUT2D eigenvalue weighted by molar-refractivity contribution is 6.00. The fourth-order valence-corrected chi connectivity index (χ4v) is 2.17. The van der Waals surface area contributed by atoms with Gasteiger partial charge in [-0.15, -0.1) is 10.2 Å². The van der Waals surface area contributed by atoms with Gasteiger partial charge in [0.1, 0.15) is 5.69 Å². The van der Waals surface area contributed by atoms with Crippen LogP contribution < -0.4 is 5.32 Å². The lowest BCUT2D eigenvalue weighted by molar-refractivity contribution is 0.624. The summed E-state index contributed by atoms with van der Waals surface area (Å²) in [5, 5.41) is 13.3. The Balaban J connectivity index is 2.28. The standard InChI is InChI=1S/C15H13FN4/c1-2-18-15-11-6-4-3-5-10(11)14(19-20-15)12-7-8-17-9-13(12)16/h3-9H,2H2,1H3,(H,18,20). The second-order valence-corrected chi connectivity index (χ2v) is 4.33. The van der Waals surface area contributed by atoms with Crippen LogP contribution in [-0.4, -0.2) is 21.7 Å². The van der Waals surface area contributed by atoms with Gasteiger partial charge in [0.2, 0.25) is 0 Å². The quantitative estimate of drug-likeness (QED) is 0.792. The summed E-state index contributed by atoms with van der Waals surface area (Å²) >= 11 is 0. The van der Waals surface area contributed by atoms with E-state index in [0.29, 0.717) is 17.1 Å². The molecule has 100 valence electrons. The predicted molar refractivity (Wildman–Crippen MR) is 76.9 cm³/mol. The van der Waals surface area contributed by atoms with Crippen LogP contribution in [-0.2, 0) is 0 Å². The summed E-state index contributed by atoms with van der Waals surface area (Å²) in [6.45, 7) is 2.74. The minimum Gasteiger partial charge on any atom is -0.368 e. The molecule has 0 saturated carbocycles. The molecule has 0 bridgehead atoms. The van der Waals surface area contributed by atoms with Crippen LogP contribution in [0.1, 0.15) is 6.92 Å². The van der Waals surface area contributed by atoms with Crippen molar-refractivity contribution >= 4 is 16.6 Å². The van der Waals surface area contributed by atoms with E-state index in [1.54, 1.807) is 12.3 Å².